The van der Waals surface area contributed by atoms with Gasteiger partial charge in [0.2, 0.25) is 0 Å². The second-order valence-electron chi connectivity index (χ2n) is 11.0. The summed E-state index contributed by atoms with van der Waals surface area (Å²) < 4.78 is 74.5. The van der Waals surface area contributed by atoms with Crippen molar-refractivity contribution >= 4 is 6.29 Å². The molecule has 1 aliphatic carbocycles. The molecule has 9 heteroatoms. The van der Waals surface area contributed by atoms with E-state index in [4.69, 9.17) is 0 Å². The third-order valence-electron chi connectivity index (χ3n) is 8.36. The van der Waals surface area contributed by atoms with Gasteiger partial charge in [0, 0.05) is 18.0 Å². The molecule has 4 rings (SSSR count). The predicted octanol–water partition coefficient (Wildman–Crippen LogP) is 9.06. The fourth-order valence-electron chi connectivity index (χ4n) is 6.18. The highest BCUT2D eigenvalue weighted by Gasteiger charge is 2.40. The summed E-state index contributed by atoms with van der Waals surface area (Å²) in [5.74, 6) is 0.781. The lowest BCUT2D eigenvalue weighted by molar-refractivity contribution is -0.143. The Kier molecular flexibility index (Phi) is 14.0. The van der Waals surface area contributed by atoms with Crippen LogP contribution in [0.3, 0.4) is 0 Å². The summed E-state index contributed by atoms with van der Waals surface area (Å²) >= 11 is 0. The van der Waals surface area contributed by atoms with Crippen molar-refractivity contribution in [1.29, 1.82) is 0 Å². The van der Waals surface area contributed by atoms with Gasteiger partial charge in [0.1, 0.15) is 6.29 Å². The van der Waals surface area contributed by atoms with E-state index in [1.165, 1.54) is 58.0 Å². The Morgan fingerprint density at radius 1 is 0.929 bits per heavy atom. The van der Waals surface area contributed by atoms with E-state index >= 15 is 0 Å². The number of aryl methyl sites for hydroxylation is 1. The first kappa shape index (κ1) is 35.8. The van der Waals surface area contributed by atoms with Gasteiger partial charge in [-0.2, -0.15) is 26.3 Å². The Hall–Kier alpha value is -2.39. The molecule has 236 valence electrons. The number of hydrogen-bond acceptors (Lipinski definition) is 3. The van der Waals surface area contributed by atoms with Gasteiger partial charge in [-0.15, -0.1) is 0 Å². The first-order chi connectivity index (χ1) is 19.9. The van der Waals surface area contributed by atoms with Crippen LogP contribution in [0, 0.1) is 0 Å². The molecule has 0 radical (unpaired) electrons. The number of carbonyl (C=O) groups is 1. The number of nitrogens with one attached hydrogen (secondary N) is 1. The fourth-order valence-corrected chi connectivity index (χ4v) is 6.18. The predicted molar refractivity (Wildman–Crippen MR) is 157 cm³/mol. The summed E-state index contributed by atoms with van der Waals surface area (Å²) in [6, 6.07) is 13.2. The largest absolute Gasteiger partial charge is 0.416 e. The SMILES string of the molecule is CC.CCCC1(NC)CCC(N2CCC(c3ccccc3)CC2)C1.O=CCCc1cc(C(F)(F)F)cc(C(F)(F)F)c1. The van der Waals surface area contributed by atoms with Crippen LogP contribution in [0.25, 0.3) is 0 Å². The highest BCUT2D eigenvalue weighted by Crippen LogP contribution is 2.39. The van der Waals surface area contributed by atoms with Gasteiger partial charge in [0.25, 0.3) is 0 Å². The Balaban J connectivity index is 0.000000283. The van der Waals surface area contributed by atoms with Gasteiger partial charge in [-0.05, 0) is 100 Å². The molecule has 2 atom stereocenters. The Morgan fingerprint density at radius 2 is 1.50 bits per heavy atom. The van der Waals surface area contributed by atoms with Crippen LogP contribution in [0.1, 0.15) is 100 Å². The first-order valence-corrected chi connectivity index (χ1v) is 15.1. The maximum absolute atomic E-state index is 12.4. The molecule has 2 aromatic rings. The summed E-state index contributed by atoms with van der Waals surface area (Å²) in [6.07, 6.45) is -0.145. The van der Waals surface area contributed by atoms with E-state index in [2.05, 4.69) is 54.5 Å². The van der Waals surface area contributed by atoms with E-state index in [1.807, 2.05) is 13.8 Å². The van der Waals surface area contributed by atoms with E-state index in [0.29, 0.717) is 24.0 Å². The summed E-state index contributed by atoms with van der Waals surface area (Å²) in [4.78, 5) is 12.9. The molecule has 2 unspecified atom stereocenters. The molecule has 2 aliphatic rings. The highest BCUT2D eigenvalue weighted by molar-refractivity contribution is 5.50. The lowest BCUT2D eigenvalue weighted by Gasteiger charge is -2.37. The van der Waals surface area contributed by atoms with Gasteiger partial charge in [0.05, 0.1) is 11.1 Å². The number of hydrogen-bond donors (Lipinski definition) is 1. The zero-order valence-corrected chi connectivity index (χ0v) is 25.3. The molecule has 3 nitrogen and oxygen atoms in total. The molecule has 0 aromatic heterocycles. The van der Waals surface area contributed by atoms with E-state index in [9.17, 15) is 31.1 Å². The summed E-state index contributed by atoms with van der Waals surface area (Å²) in [6.45, 7) is 8.89. The normalized spacial score (nSPS) is 21.6. The van der Waals surface area contributed by atoms with E-state index in [1.54, 1.807) is 5.56 Å². The molecule has 2 fully saturated rings. The summed E-state index contributed by atoms with van der Waals surface area (Å²) in [5, 5.41) is 3.66. The molecule has 0 amide bonds. The lowest BCUT2D eigenvalue weighted by Crippen LogP contribution is -2.44. The van der Waals surface area contributed by atoms with Crippen molar-refractivity contribution in [1.82, 2.24) is 10.2 Å². The number of benzene rings is 2. The Morgan fingerprint density at radius 3 is 1.98 bits per heavy atom. The van der Waals surface area contributed by atoms with Crippen molar-refractivity contribution in [2.24, 2.45) is 0 Å². The number of rotatable bonds is 8. The maximum Gasteiger partial charge on any atom is 0.416 e. The van der Waals surface area contributed by atoms with Crippen LogP contribution in [0.5, 0.6) is 0 Å². The molecule has 0 spiro atoms. The smallest absolute Gasteiger partial charge is 0.314 e. The minimum absolute atomic E-state index is 0.0599. The molecule has 1 N–H and O–H groups in total. The molecule has 1 heterocycles. The van der Waals surface area contributed by atoms with E-state index in [0.717, 1.165) is 12.0 Å². The van der Waals surface area contributed by atoms with Crippen molar-refractivity contribution in [2.75, 3.05) is 20.1 Å². The molecule has 1 aliphatic heterocycles. The number of likely N-dealkylation sites (tertiary alicyclic amines) is 1. The molecule has 42 heavy (non-hydrogen) atoms. The standard InChI is InChI=1S/C20H32N2.C11H8F6O.C2H6/c1-3-12-20(21-2)13-9-19(16-20)22-14-10-18(11-15-22)17-7-5-4-6-8-17;12-10(13,14)8-4-7(2-1-3-18)5-9(6-8)11(15,16)17;1-2/h4-8,18-19,21H,3,9-16H2,1-2H3;3-6H,1-2H2;1-2H3. The maximum atomic E-state index is 12.4. The molecule has 1 saturated heterocycles. The fraction of sp³-hybridized carbons (Fsp3) is 0.606. The van der Waals surface area contributed by atoms with Gasteiger partial charge in [0.15, 0.2) is 0 Å². The third-order valence-corrected chi connectivity index (χ3v) is 8.36. The van der Waals surface area contributed by atoms with E-state index < -0.39 is 23.5 Å². The molecule has 1 saturated carbocycles. The quantitative estimate of drug-likeness (QED) is 0.242. The number of nitrogens with zero attached hydrogens (tertiary/aromatic N) is 1. The zero-order valence-electron chi connectivity index (χ0n) is 25.3. The van der Waals surface area contributed by atoms with Crippen LogP contribution in [0.15, 0.2) is 48.5 Å². The number of halogens is 6. The van der Waals surface area contributed by atoms with Crippen LogP contribution < -0.4 is 5.32 Å². The number of alkyl halides is 6. The van der Waals surface area contributed by atoms with Crippen molar-refractivity contribution in [3.63, 3.8) is 0 Å². The average Bonchev–Trinajstić information content (AvgIpc) is 3.42. The number of carbonyl (C=O) groups excluding carboxylic acids is 1. The van der Waals surface area contributed by atoms with Gasteiger partial charge in [-0.3, -0.25) is 0 Å². The van der Waals surface area contributed by atoms with Crippen LogP contribution in [0.2, 0.25) is 0 Å². The Labute approximate surface area is 247 Å². The second kappa shape index (κ2) is 16.5. The van der Waals surface area contributed by atoms with Crippen molar-refractivity contribution in [3.05, 3.63) is 70.8 Å². The van der Waals surface area contributed by atoms with Crippen molar-refractivity contribution < 1.29 is 31.1 Å². The Bertz CT molecular complexity index is 1030. The molecule has 2 aromatic carbocycles. The second-order valence-corrected chi connectivity index (χ2v) is 11.0. The summed E-state index contributed by atoms with van der Waals surface area (Å²) in [7, 11) is 2.17. The van der Waals surface area contributed by atoms with Gasteiger partial charge < -0.3 is 15.0 Å². The minimum atomic E-state index is -4.85. The average molecular weight is 601 g/mol. The number of aldehydes is 1. The van der Waals surface area contributed by atoms with Gasteiger partial charge >= 0.3 is 12.4 Å². The molecule has 0 bridgehead atoms. The highest BCUT2D eigenvalue weighted by atomic mass is 19.4. The van der Waals surface area contributed by atoms with E-state index in [-0.39, 0.29) is 24.5 Å². The van der Waals surface area contributed by atoms with Crippen LogP contribution in [-0.4, -0.2) is 42.9 Å². The van der Waals surface area contributed by atoms with Crippen molar-refractivity contribution in [3.8, 4) is 0 Å². The van der Waals surface area contributed by atoms with Crippen LogP contribution in [0.4, 0.5) is 26.3 Å². The minimum Gasteiger partial charge on any atom is -0.314 e. The van der Waals surface area contributed by atoms with Crippen molar-refractivity contribution in [2.45, 2.75) is 108 Å². The number of piperidine rings is 1. The third kappa shape index (κ3) is 10.4. The molecular weight excluding hydrogens is 554 g/mol. The van der Waals surface area contributed by atoms with Gasteiger partial charge in [-0.1, -0.05) is 57.5 Å². The molecular formula is C33H46F6N2O. The lowest BCUT2D eigenvalue weighted by atomic mass is 9.88. The van der Waals surface area contributed by atoms with Crippen LogP contribution in [-0.2, 0) is 23.6 Å². The summed E-state index contributed by atoms with van der Waals surface area (Å²) in [5.41, 5.74) is -0.916. The van der Waals surface area contributed by atoms with Crippen LogP contribution >= 0.6 is 0 Å². The topological polar surface area (TPSA) is 32.3 Å². The zero-order chi connectivity index (χ0) is 31.4. The monoisotopic (exact) mass is 600 g/mol. The first-order valence-electron chi connectivity index (χ1n) is 15.1. The van der Waals surface area contributed by atoms with Gasteiger partial charge in [-0.25, -0.2) is 0 Å².